The lowest BCUT2D eigenvalue weighted by Crippen LogP contribution is -2.38. The zero-order valence-electron chi connectivity index (χ0n) is 10.9. The lowest BCUT2D eigenvalue weighted by Gasteiger charge is -2.19. The summed E-state index contributed by atoms with van der Waals surface area (Å²) in [5.41, 5.74) is -1.20. The van der Waals surface area contributed by atoms with Crippen molar-refractivity contribution in [2.24, 2.45) is 0 Å². The van der Waals surface area contributed by atoms with Gasteiger partial charge in [0.2, 0.25) is 0 Å². The first-order valence-electron chi connectivity index (χ1n) is 6.31. The molecule has 0 saturated heterocycles. The van der Waals surface area contributed by atoms with Crippen LogP contribution in [-0.2, 0) is 16.0 Å². The van der Waals surface area contributed by atoms with Gasteiger partial charge in [-0.25, -0.2) is 4.98 Å². The van der Waals surface area contributed by atoms with Crippen LogP contribution >= 0.6 is 11.3 Å². The van der Waals surface area contributed by atoms with Crippen molar-refractivity contribution >= 4 is 22.4 Å². The highest BCUT2D eigenvalue weighted by Gasteiger charge is 2.63. The van der Waals surface area contributed by atoms with Gasteiger partial charge >= 0.3 is 12.1 Å². The molecule has 1 aliphatic rings. The van der Waals surface area contributed by atoms with Crippen LogP contribution < -0.4 is 5.32 Å². The highest BCUT2D eigenvalue weighted by molar-refractivity contribution is 7.13. The summed E-state index contributed by atoms with van der Waals surface area (Å²) in [6.45, 7) is 2.03. The van der Waals surface area contributed by atoms with Crippen molar-refractivity contribution in [2.45, 2.75) is 44.3 Å². The van der Waals surface area contributed by atoms with Gasteiger partial charge in [0.15, 0.2) is 5.13 Å². The second-order valence-corrected chi connectivity index (χ2v) is 5.51. The molecule has 1 aromatic heterocycles. The SMILES string of the molecule is CCOC(=O)CCc1csc(NC2(C(F)(F)F)CC2)n1. The first-order valence-corrected chi connectivity index (χ1v) is 7.19. The number of nitrogens with one attached hydrogen (secondary N) is 1. The van der Waals surface area contributed by atoms with Crippen molar-refractivity contribution in [2.75, 3.05) is 11.9 Å². The number of alkyl halides is 3. The number of rotatable bonds is 6. The Morgan fingerprint density at radius 1 is 1.55 bits per heavy atom. The summed E-state index contributed by atoms with van der Waals surface area (Å²) in [4.78, 5) is 15.3. The molecule has 1 N–H and O–H groups in total. The van der Waals surface area contributed by atoms with Gasteiger partial charge in [-0.1, -0.05) is 0 Å². The average Bonchev–Trinajstić information content (AvgIpc) is 3.00. The molecule has 0 radical (unpaired) electrons. The Morgan fingerprint density at radius 3 is 2.80 bits per heavy atom. The lowest BCUT2D eigenvalue weighted by atomic mass is 10.2. The molecule has 0 spiro atoms. The Kier molecular flexibility index (Phi) is 4.22. The molecule has 1 aromatic rings. The Hall–Kier alpha value is -1.31. The molecule has 20 heavy (non-hydrogen) atoms. The number of halogens is 3. The predicted molar refractivity (Wildman–Crippen MR) is 68.7 cm³/mol. The number of hydrogen-bond donors (Lipinski definition) is 1. The molecule has 2 rings (SSSR count). The van der Waals surface area contributed by atoms with Gasteiger partial charge in [-0.05, 0) is 19.8 Å². The van der Waals surface area contributed by atoms with Gasteiger partial charge in [0.05, 0.1) is 18.7 Å². The zero-order chi connectivity index (χ0) is 14.8. The molecule has 0 amide bonds. The van der Waals surface area contributed by atoms with Crippen LogP contribution in [0.3, 0.4) is 0 Å². The fraction of sp³-hybridized carbons (Fsp3) is 0.667. The maximum absolute atomic E-state index is 12.8. The average molecular weight is 308 g/mol. The van der Waals surface area contributed by atoms with Crippen LogP contribution in [0.25, 0.3) is 0 Å². The minimum atomic E-state index is -4.26. The van der Waals surface area contributed by atoms with E-state index in [1.54, 1.807) is 12.3 Å². The van der Waals surface area contributed by atoms with E-state index in [2.05, 4.69) is 10.3 Å². The van der Waals surface area contributed by atoms with Gasteiger partial charge in [0, 0.05) is 11.8 Å². The first-order chi connectivity index (χ1) is 9.36. The summed E-state index contributed by atoms with van der Waals surface area (Å²) in [7, 11) is 0. The number of thiazole rings is 1. The van der Waals surface area contributed by atoms with Crippen LogP contribution in [0.15, 0.2) is 5.38 Å². The first kappa shape index (κ1) is 15.1. The second kappa shape index (κ2) is 5.59. The van der Waals surface area contributed by atoms with Crippen LogP contribution in [0.2, 0.25) is 0 Å². The fourth-order valence-electron chi connectivity index (χ4n) is 1.75. The number of anilines is 1. The van der Waals surface area contributed by atoms with E-state index in [1.807, 2.05) is 0 Å². The van der Waals surface area contributed by atoms with E-state index in [1.165, 1.54) is 0 Å². The normalized spacial score (nSPS) is 16.8. The van der Waals surface area contributed by atoms with Gasteiger partial charge in [-0.2, -0.15) is 13.2 Å². The Labute approximate surface area is 118 Å². The molecule has 0 atom stereocenters. The van der Waals surface area contributed by atoms with Crippen molar-refractivity contribution in [1.82, 2.24) is 4.98 Å². The summed E-state index contributed by atoms with van der Waals surface area (Å²) in [6.07, 6.45) is -3.55. The highest BCUT2D eigenvalue weighted by Crippen LogP contribution is 2.51. The Bertz CT molecular complexity index is 483. The molecule has 1 saturated carbocycles. The van der Waals surface area contributed by atoms with Crippen molar-refractivity contribution in [3.63, 3.8) is 0 Å². The molecule has 0 bridgehead atoms. The summed E-state index contributed by atoms with van der Waals surface area (Å²) >= 11 is 1.12. The van der Waals surface area contributed by atoms with E-state index in [4.69, 9.17) is 4.74 Å². The van der Waals surface area contributed by atoms with Crippen molar-refractivity contribution < 1.29 is 22.7 Å². The summed E-state index contributed by atoms with van der Waals surface area (Å²) in [5.74, 6) is -0.330. The lowest BCUT2D eigenvalue weighted by molar-refractivity contribution is -0.151. The number of carbonyl (C=O) groups excluding carboxylic acids is 1. The van der Waals surface area contributed by atoms with Gasteiger partial charge in [0.25, 0.3) is 0 Å². The number of aromatic nitrogens is 1. The third-order valence-electron chi connectivity index (χ3n) is 3.08. The van der Waals surface area contributed by atoms with Gasteiger partial charge < -0.3 is 10.1 Å². The number of carbonyl (C=O) groups is 1. The summed E-state index contributed by atoms with van der Waals surface area (Å²) in [6, 6.07) is 0. The molecular formula is C12H15F3N2O2S. The zero-order valence-corrected chi connectivity index (χ0v) is 11.7. The van der Waals surface area contributed by atoms with Gasteiger partial charge in [-0.3, -0.25) is 4.79 Å². The minimum absolute atomic E-state index is 0.0776. The van der Waals surface area contributed by atoms with Gasteiger partial charge in [-0.15, -0.1) is 11.3 Å². The Balaban J connectivity index is 1.88. The quantitative estimate of drug-likeness (QED) is 0.820. The third-order valence-corrected chi connectivity index (χ3v) is 3.89. The summed E-state index contributed by atoms with van der Waals surface area (Å²) in [5, 5.41) is 4.38. The molecule has 1 heterocycles. The largest absolute Gasteiger partial charge is 0.466 e. The predicted octanol–water partition coefficient (Wildman–Crippen LogP) is 3.15. The molecule has 112 valence electrons. The van der Waals surface area contributed by atoms with E-state index < -0.39 is 11.7 Å². The summed E-state index contributed by atoms with van der Waals surface area (Å²) < 4.78 is 43.1. The van der Waals surface area contributed by atoms with E-state index in [0.717, 1.165) is 11.3 Å². The van der Waals surface area contributed by atoms with Crippen LogP contribution in [0.5, 0.6) is 0 Å². The third kappa shape index (κ3) is 3.41. The smallest absolute Gasteiger partial charge is 0.411 e. The standard InChI is InChI=1S/C12H15F3N2O2S/c1-2-19-9(18)4-3-8-7-20-10(16-8)17-11(5-6-11)12(13,14)15/h7H,2-6H2,1H3,(H,16,17). The van der Waals surface area contributed by atoms with Crippen molar-refractivity contribution in [1.29, 1.82) is 0 Å². The van der Waals surface area contributed by atoms with Crippen molar-refractivity contribution in [3.05, 3.63) is 11.1 Å². The van der Waals surface area contributed by atoms with E-state index in [-0.39, 0.29) is 30.4 Å². The minimum Gasteiger partial charge on any atom is -0.466 e. The number of esters is 1. The fourth-order valence-corrected chi connectivity index (χ4v) is 2.59. The molecule has 0 aliphatic heterocycles. The number of aryl methyl sites for hydroxylation is 1. The topological polar surface area (TPSA) is 51.2 Å². The van der Waals surface area contributed by atoms with Crippen LogP contribution in [-0.4, -0.2) is 29.3 Å². The van der Waals surface area contributed by atoms with Crippen molar-refractivity contribution in [3.8, 4) is 0 Å². The molecular weight excluding hydrogens is 293 g/mol. The molecule has 1 fully saturated rings. The Morgan fingerprint density at radius 2 is 2.25 bits per heavy atom. The van der Waals surface area contributed by atoms with E-state index in [0.29, 0.717) is 18.7 Å². The maximum Gasteiger partial charge on any atom is 0.411 e. The van der Waals surface area contributed by atoms with Gasteiger partial charge in [0.1, 0.15) is 5.54 Å². The number of nitrogens with zero attached hydrogens (tertiary/aromatic N) is 1. The molecule has 1 aliphatic carbocycles. The van der Waals surface area contributed by atoms with Crippen LogP contribution in [0.4, 0.5) is 18.3 Å². The van der Waals surface area contributed by atoms with Crippen LogP contribution in [0, 0.1) is 0 Å². The maximum atomic E-state index is 12.8. The van der Waals surface area contributed by atoms with E-state index >= 15 is 0 Å². The number of ether oxygens (including phenoxy) is 1. The molecule has 0 aromatic carbocycles. The monoisotopic (exact) mass is 308 g/mol. The second-order valence-electron chi connectivity index (χ2n) is 4.65. The number of hydrogen-bond acceptors (Lipinski definition) is 5. The van der Waals surface area contributed by atoms with Crippen LogP contribution in [0.1, 0.15) is 31.9 Å². The molecule has 8 heteroatoms. The highest BCUT2D eigenvalue weighted by atomic mass is 32.1. The molecule has 4 nitrogen and oxygen atoms in total. The molecule has 0 unspecified atom stereocenters. The van der Waals surface area contributed by atoms with E-state index in [9.17, 15) is 18.0 Å².